The predicted molar refractivity (Wildman–Crippen MR) is 158 cm³/mol. The number of nitrogens with zero attached hydrogens (tertiary/aromatic N) is 2. The number of benzene rings is 3. The minimum Gasteiger partial charge on any atom is -0.381 e. The van der Waals surface area contributed by atoms with Crippen LogP contribution in [0.25, 0.3) is 10.9 Å². The van der Waals surface area contributed by atoms with Crippen LogP contribution in [-0.2, 0) is 16.0 Å². The van der Waals surface area contributed by atoms with Crippen LogP contribution in [0.5, 0.6) is 0 Å². The number of amides is 4. The van der Waals surface area contributed by atoms with E-state index in [4.69, 9.17) is 4.74 Å². The number of ether oxygens (including phenoxy) is 1. The van der Waals surface area contributed by atoms with Gasteiger partial charge in [-0.3, -0.25) is 14.5 Å². The lowest BCUT2D eigenvalue weighted by molar-refractivity contribution is -0.120. The Bertz CT molecular complexity index is 1580. The van der Waals surface area contributed by atoms with Gasteiger partial charge in [0.05, 0.1) is 11.3 Å². The fourth-order valence-electron chi connectivity index (χ4n) is 5.96. The number of para-hydroxylation sites is 2. The first kappa shape index (κ1) is 26.8. The molecule has 1 aromatic heterocycles. The van der Waals surface area contributed by atoms with E-state index in [2.05, 4.69) is 23.3 Å². The zero-order valence-corrected chi connectivity index (χ0v) is 23.1. The summed E-state index contributed by atoms with van der Waals surface area (Å²) in [5.41, 5.74) is 4.46. The summed E-state index contributed by atoms with van der Waals surface area (Å²) in [6.45, 7) is 3.84. The molecule has 4 amide bonds. The molecule has 8 nitrogen and oxygen atoms in total. The monoisotopic (exact) mass is 550 g/mol. The number of aromatic nitrogens is 1. The van der Waals surface area contributed by atoms with Crippen molar-refractivity contribution >= 4 is 34.4 Å². The van der Waals surface area contributed by atoms with Crippen molar-refractivity contribution in [3.8, 4) is 0 Å². The summed E-state index contributed by atoms with van der Waals surface area (Å²) in [6, 6.07) is 23.1. The number of hydrogen-bond acceptors (Lipinski definition) is 4. The number of nitrogens with one attached hydrogen (secondary N) is 2. The highest BCUT2D eigenvalue weighted by atomic mass is 16.5. The fourth-order valence-corrected chi connectivity index (χ4v) is 5.96. The molecule has 2 N–H and O–H groups in total. The molecular formula is C33H34N4O4. The zero-order chi connectivity index (χ0) is 28.3. The number of hydrogen-bond donors (Lipinski definition) is 2. The molecule has 2 aliphatic heterocycles. The second-order valence-corrected chi connectivity index (χ2v) is 10.6. The van der Waals surface area contributed by atoms with E-state index in [0.29, 0.717) is 43.9 Å². The van der Waals surface area contributed by atoms with Crippen molar-refractivity contribution in [2.45, 2.75) is 44.7 Å². The first-order chi connectivity index (χ1) is 20.1. The molecule has 4 aromatic rings. The minimum atomic E-state index is -0.684. The Kier molecular flexibility index (Phi) is 7.57. The molecule has 2 aliphatic rings. The molecule has 0 radical (unpaired) electrons. The Morgan fingerprint density at radius 3 is 2.51 bits per heavy atom. The highest BCUT2D eigenvalue weighted by molar-refractivity contribution is 6.24. The molecule has 8 heteroatoms. The maximum atomic E-state index is 14.2. The smallest absolute Gasteiger partial charge is 0.332 e. The maximum absolute atomic E-state index is 14.2. The van der Waals surface area contributed by atoms with Gasteiger partial charge in [0.15, 0.2) is 0 Å². The summed E-state index contributed by atoms with van der Waals surface area (Å²) in [5, 5.41) is 3.98. The maximum Gasteiger partial charge on any atom is 0.332 e. The Morgan fingerprint density at radius 1 is 0.951 bits per heavy atom. The molecule has 1 saturated heterocycles. The number of fused-ring (bicyclic) bond motifs is 4. The van der Waals surface area contributed by atoms with Gasteiger partial charge in [-0.25, -0.2) is 9.69 Å². The first-order valence-electron chi connectivity index (χ1n) is 14.4. The van der Waals surface area contributed by atoms with Crippen LogP contribution in [0.3, 0.4) is 0 Å². The van der Waals surface area contributed by atoms with Crippen LogP contribution in [0.15, 0.2) is 78.9 Å². The van der Waals surface area contributed by atoms with Crippen molar-refractivity contribution in [1.29, 1.82) is 0 Å². The van der Waals surface area contributed by atoms with Crippen molar-refractivity contribution in [1.82, 2.24) is 15.2 Å². The summed E-state index contributed by atoms with van der Waals surface area (Å²) in [7, 11) is 0. The minimum absolute atomic E-state index is 0.293. The second kappa shape index (κ2) is 11.6. The highest BCUT2D eigenvalue weighted by Gasteiger charge is 2.53. The third kappa shape index (κ3) is 4.89. The van der Waals surface area contributed by atoms with Crippen molar-refractivity contribution in [2.24, 2.45) is 0 Å². The van der Waals surface area contributed by atoms with Crippen LogP contribution >= 0.6 is 0 Å². The summed E-state index contributed by atoms with van der Waals surface area (Å²) in [6.07, 6.45) is 3.17. The first-order valence-corrected chi connectivity index (χ1v) is 14.4. The van der Waals surface area contributed by atoms with Gasteiger partial charge in [-0.05, 0) is 42.2 Å². The lowest BCUT2D eigenvalue weighted by atomic mass is 9.89. The Labute approximate surface area is 239 Å². The standard InChI is InChI=1S/C33H34N4O4/c1-2-3-19-41-20-11-18-34-31(38)24-15-8-10-17-27(24)37-32(39)28-21-25-23-14-7-9-16-26(23)35-29(25)30(36(28)33(37)40)22-12-5-4-6-13-22/h4-10,12-17,28,30,35H,2-3,11,18-21H2,1H3,(H,34,38). The Hall–Kier alpha value is -4.43. The summed E-state index contributed by atoms with van der Waals surface area (Å²) < 4.78 is 5.59. The van der Waals surface area contributed by atoms with E-state index in [9.17, 15) is 14.4 Å². The van der Waals surface area contributed by atoms with E-state index < -0.39 is 18.1 Å². The molecule has 210 valence electrons. The van der Waals surface area contributed by atoms with Gasteiger partial charge in [-0.15, -0.1) is 0 Å². The van der Waals surface area contributed by atoms with Gasteiger partial charge in [0.1, 0.15) is 12.1 Å². The molecule has 6 rings (SSSR count). The van der Waals surface area contributed by atoms with E-state index in [1.54, 1.807) is 29.2 Å². The molecule has 2 atom stereocenters. The topological polar surface area (TPSA) is 94.7 Å². The summed E-state index contributed by atoms with van der Waals surface area (Å²) in [5.74, 6) is -0.646. The second-order valence-electron chi connectivity index (χ2n) is 10.6. The van der Waals surface area contributed by atoms with Crippen LogP contribution in [0.4, 0.5) is 10.5 Å². The molecule has 2 unspecified atom stereocenters. The van der Waals surface area contributed by atoms with Crippen LogP contribution in [0.1, 0.15) is 59.4 Å². The average Bonchev–Trinajstić information content (AvgIpc) is 3.50. The number of rotatable bonds is 10. The number of urea groups is 1. The highest BCUT2D eigenvalue weighted by Crippen LogP contribution is 2.45. The molecule has 3 heterocycles. The number of unbranched alkanes of at least 4 members (excludes halogenated alkanes) is 1. The van der Waals surface area contributed by atoms with Gasteiger partial charge in [-0.1, -0.05) is 74.0 Å². The Morgan fingerprint density at radius 2 is 1.68 bits per heavy atom. The van der Waals surface area contributed by atoms with E-state index in [1.807, 2.05) is 48.5 Å². The largest absolute Gasteiger partial charge is 0.381 e. The van der Waals surface area contributed by atoms with E-state index in [0.717, 1.165) is 40.6 Å². The molecule has 0 spiro atoms. The van der Waals surface area contributed by atoms with Crippen LogP contribution in [0, 0.1) is 0 Å². The molecule has 1 fully saturated rings. The third-order valence-corrected chi connectivity index (χ3v) is 7.95. The van der Waals surface area contributed by atoms with Crippen LogP contribution in [0.2, 0.25) is 0 Å². The van der Waals surface area contributed by atoms with Gasteiger partial charge >= 0.3 is 6.03 Å². The van der Waals surface area contributed by atoms with Gasteiger partial charge in [0, 0.05) is 42.8 Å². The van der Waals surface area contributed by atoms with Crippen molar-refractivity contribution in [3.63, 3.8) is 0 Å². The molecule has 3 aromatic carbocycles. The lowest BCUT2D eigenvalue weighted by Crippen LogP contribution is -2.44. The number of carbonyl (C=O) groups is 3. The number of imide groups is 1. The van der Waals surface area contributed by atoms with Crippen LogP contribution in [-0.4, -0.2) is 53.5 Å². The van der Waals surface area contributed by atoms with Gasteiger partial charge in [0.25, 0.3) is 11.8 Å². The number of carbonyl (C=O) groups excluding carboxylic acids is 3. The van der Waals surface area contributed by atoms with E-state index in [1.165, 1.54) is 4.90 Å². The van der Waals surface area contributed by atoms with Crippen molar-refractivity contribution < 1.29 is 19.1 Å². The molecule has 0 aliphatic carbocycles. The van der Waals surface area contributed by atoms with Crippen LogP contribution < -0.4 is 10.2 Å². The number of aromatic amines is 1. The summed E-state index contributed by atoms with van der Waals surface area (Å²) >= 11 is 0. The van der Waals surface area contributed by atoms with Crippen molar-refractivity contribution in [3.05, 3.63) is 101 Å². The van der Waals surface area contributed by atoms with Gasteiger partial charge in [-0.2, -0.15) is 0 Å². The predicted octanol–water partition coefficient (Wildman–Crippen LogP) is 5.59. The third-order valence-electron chi connectivity index (χ3n) is 7.95. The average molecular weight is 551 g/mol. The Balaban J connectivity index is 1.30. The quantitative estimate of drug-likeness (QED) is 0.199. The molecule has 0 saturated carbocycles. The normalized spacial score (nSPS) is 18.1. The lowest BCUT2D eigenvalue weighted by Gasteiger charge is -2.36. The zero-order valence-electron chi connectivity index (χ0n) is 23.1. The number of anilines is 1. The van der Waals surface area contributed by atoms with Gasteiger partial charge < -0.3 is 15.0 Å². The number of H-pyrrole nitrogens is 1. The fraction of sp³-hybridized carbons (Fsp3) is 0.303. The molecule has 0 bridgehead atoms. The van der Waals surface area contributed by atoms with E-state index in [-0.39, 0.29) is 11.8 Å². The summed E-state index contributed by atoms with van der Waals surface area (Å²) in [4.78, 5) is 47.9. The molecular weight excluding hydrogens is 516 g/mol. The molecule has 41 heavy (non-hydrogen) atoms. The SMILES string of the molecule is CCCCOCCCNC(=O)c1ccccc1N1C(=O)C2Cc3c([nH]c4ccccc34)C(c3ccccc3)N2C1=O. The van der Waals surface area contributed by atoms with E-state index >= 15 is 0 Å². The van der Waals surface area contributed by atoms with Crippen molar-refractivity contribution in [2.75, 3.05) is 24.7 Å². The van der Waals surface area contributed by atoms with Gasteiger partial charge in [0.2, 0.25) is 0 Å².